The number of carbonyl (C=O) groups is 3. The van der Waals surface area contributed by atoms with Crippen molar-refractivity contribution in [3.05, 3.63) is 0 Å². The Labute approximate surface area is 174 Å². The Hall–Kier alpha value is -1.56. The molecule has 0 aromatic carbocycles. The number of thioether (sulfide) groups is 1. The lowest BCUT2D eigenvalue weighted by Crippen LogP contribution is -2.36. The Morgan fingerprint density at radius 1 is 1.07 bits per heavy atom. The maximum absolute atomic E-state index is 11.8. The van der Waals surface area contributed by atoms with Gasteiger partial charge in [-0.1, -0.05) is 6.42 Å². The smallest absolute Gasteiger partial charge is 0.329 e. The Balaban J connectivity index is 1.34. The van der Waals surface area contributed by atoms with Gasteiger partial charge in [-0.25, -0.2) is 9.59 Å². The van der Waals surface area contributed by atoms with Gasteiger partial charge in [-0.15, -0.1) is 0 Å². The largest absolute Gasteiger partial charge is 0.480 e. The van der Waals surface area contributed by atoms with E-state index in [2.05, 4.69) is 16.0 Å². The molecule has 2 rings (SSSR count). The van der Waals surface area contributed by atoms with Gasteiger partial charge in [0.25, 0.3) is 0 Å². The molecule has 2 saturated heterocycles. The van der Waals surface area contributed by atoms with Crippen LogP contribution in [0.25, 0.3) is 0 Å². The first-order chi connectivity index (χ1) is 14.1. The predicted octanol–water partition coefficient (Wildman–Crippen LogP) is -0.0372. The molecule has 3 atom stereocenters. The maximum atomic E-state index is 11.8. The molecule has 0 radical (unpaired) electrons. The van der Waals surface area contributed by atoms with Gasteiger partial charge in [0.05, 0.1) is 45.1 Å². The molecule has 11 heteroatoms. The number of hydrogen-bond acceptors (Lipinski definition) is 7. The van der Waals surface area contributed by atoms with Crippen molar-refractivity contribution in [3.63, 3.8) is 0 Å². The number of urea groups is 1. The second-order valence-corrected chi connectivity index (χ2v) is 8.16. The molecular formula is C18H31N3O7S. The molecule has 0 aliphatic carbocycles. The maximum Gasteiger partial charge on any atom is 0.329 e. The summed E-state index contributed by atoms with van der Waals surface area (Å²) in [6.07, 6.45) is 3.30. The molecule has 0 spiro atoms. The van der Waals surface area contributed by atoms with Gasteiger partial charge in [-0.2, -0.15) is 11.8 Å². The van der Waals surface area contributed by atoms with Crippen LogP contribution in [0, 0.1) is 0 Å². The first-order valence-corrected chi connectivity index (χ1v) is 11.0. The highest BCUT2D eigenvalue weighted by molar-refractivity contribution is 8.00. The molecule has 10 nitrogen and oxygen atoms in total. The van der Waals surface area contributed by atoms with Crippen LogP contribution in [0.4, 0.5) is 4.79 Å². The van der Waals surface area contributed by atoms with Crippen LogP contribution in [0.2, 0.25) is 0 Å². The normalized spacial score (nSPS) is 22.8. The zero-order valence-electron chi connectivity index (χ0n) is 16.5. The molecule has 166 valence electrons. The van der Waals surface area contributed by atoms with E-state index in [0.29, 0.717) is 44.6 Å². The van der Waals surface area contributed by atoms with Gasteiger partial charge < -0.3 is 35.3 Å². The van der Waals surface area contributed by atoms with Crippen molar-refractivity contribution >= 4 is 29.7 Å². The van der Waals surface area contributed by atoms with E-state index in [4.69, 9.17) is 19.3 Å². The first kappa shape index (κ1) is 23.7. The van der Waals surface area contributed by atoms with Gasteiger partial charge in [0.1, 0.15) is 6.61 Å². The van der Waals surface area contributed by atoms with Crippen LogP contribution in [0.5, 0.6) is 0 Å². The molecule has 2 fully saturated rings. The zero-order chi connectivity index (χ0) is 20.9. The summed E-state index contributed by atoms with van der Waals surface area (Å²) in [5.74, 6) is -0.0239. The van der Waals surface area contributed by atoms with E-state index in [1.165, 1.54) is 0 Å². The van der Waals surface area contributed by atoms with Crippen LogP contribution in [-0.4, -0.2) is 92.3 Å². The fourth-order valence-electron chi connectivity index (χ4n) is 3.22. The number of amides is 3. The predicted molar refractivity (Wildman–Crippen MR) is 107 cm³/mol. The monoisotopic (exact) mass is 433 g/mol. The fourth-order valence-corrected chi connectivity index (χ4v) is 4.77. The number of unbranched alkanes of at least 4 members (excludes halogenated alkanes) is 1. The van der Waals surface area contributed by atoms with Crippen molar-refractivity contribution in [2.45, 2.75) is 43.0 Å². The van der Waals surface area contributed by atoms with Crippen molar-refractivity contribution < 1.29 is 33.7 Å². The highest BCUT2D eigenvalue weighted by Gasteiger charge is 2.42. The van der Waals surface area contributed by atoms with E-state index in [1.54, 1.807) is 0 Å². The van der Waals surface area contributed by atoms with Gasteiger partial charge in [0.2, 0.25) is 5.91 Å². The minimum Gasteiger partial charge on any atom is -0.480 e. The van der Waals surface area contributed by atoms with Gasteiger partial charge in [0, 0.05) is 24.0 Å². The number of aliphatic carboxylic acids is 1. The van der Waals surface area contributed by atoms with Crippen LogP contribution in [0.1, 0.15) is 25.7 Å². The van der Waals surface area contributed by atoms with E-state index < -0.39 is 5.97 Å². The van der Waals surface area contributed by atoms with E-state index >= 15 is 0 Å². The summed E-state index contributed by atoms with van der Waals surface area (Å²) in [7, 11) is 0. The van der Waals surface area contributed by atoms with Crippen LogP contribution in [0.15, 0.2) is 0 Å². The average Bonchev–Trinajstić information content (AvgIpc) is 3.22. The number of nitrogens with one attached hydrogen (secondary N) is 3. The molecule has 3 unspecified atom stereocenters. The summed E-state index contributed by atoms with van der Waals surface area (Å²) < 4.78 is 15.4. The summed E-state index contributed by atoms with van der Waals surface area (Å²) in [6.45, 7) is 1.89. The molecule has 0 bridgehead atoms. The van der Waals surface area contributed by atoms with E-state index in [0.717, 1.165) is 25.0 Å². The highest BCUT2D eigenvalue weighted by Crippen LogP contribution is 2.33. The summed E-state index contributed by atoms with van der Waals surface area (Å²) >= 11 is 1.89. The van der Waals surface area contributed by atoms with Crippen molar-refractivity contribution in [3.8, 4) is 0 Å². The highest BCUT2D eigenvalue weighted by atomic mass is 32.2. The van der Waals surface area contributed by atoms with Crippen molar-refractivity contribution in [2.24, 2.45) is 0 Å². The van der Waals surface area contributed by atoms with Crippen molar-refractivity contribution in [2.75, 3.05) is 51.9 Å². The lowest BCUT2D eigenvalue weighted by Gasteiger charge is -2.16. The second-order valence-electron chi connectivity index (χ2n) is 6.89. The molecule has 3 amide bonds. The fraction of sp³-hybridized carbons (Fsp3) is 0.833. The molecule has 4 N–H and O–H groups in total. The van der Waals surface area contributed by atoms with Crippen molar-refractivity contribution in [1.82, 2.24) is 16.0 Å². The topological polar surface area (TPSA) is 135 Å². The Morgan fingerprint density at radius 2 is 1.79 bits per heavy atom. The van der Waals surface area contributed by atoms with Gasteiger partial charge in [0.15, 0.2) is 0 Å². The third kappa shape index (κ3) is 9.66. The minimum absolute atomic E-state index is 0.0215. The van der Waals surface area contributed by atoms with Crippen LogP contribution in [0.3, 0.4) is 0 Å². The lowest BCUT2D eigenvalue weighted by molar-refractivity contribution is -0.142. The number of carboxylic acids is 1. The summed E-state index contributed by atoms with van der Waals surface area (Å²) in [6, 6.07) is 0.402. The molecule has 0 saturated carbocycles. The number of rotatable bonds is 16. The van der Waals surface area contributed by atoms with Crippen molar-refractivity contribution in [1.29, 1.82) is 0 Å². The van der Waals surface area contributed by atoms with Crippen LogP contribution in [-0.2, 0) is 23.8 Å². The first-order valence-electron chi connectivity index (χ1n) is 9.96. The average molecular weight is 434 g/mol. The quantitative estimate of drug-likeness (QED) is 0.197. The standard InChI is InChI=1S/C18H31N3O7S/c22-15(19-5-6-26-7-8-27-9-10-28-11-16(23)24)4-2-1-3-14-17-13(12-29-14)20-18(25)21-17/h13-14,17H,1-12H2,(H,19,22)(H,23,24)(H2,20,21,25). The number of carboxylic acid groups (broad SMARTS) is 1. The van der Waals surface area contributed by atoms with E-state index in [1.807, 2.05) is 11.8 Å². The van der Waals surface area contributed by atoms with Gasteiger partial charge in [-0.3, -0.25) is 4.79 Å². The lowest BCUT2D eigenvalue weighted by atomic mass is 10.0. The zero-order valence-corrected chi connectivity index (χ0v) is 17.3. The molecular weight excluding hydrogens is 402 g/mol. The number of hydrogen-bond donors (Lipinski definition) is 4. The Morgan fingerprint density at radius 3 is 2.55 bits per heavy atom. The Kier molecular flexibility index (Phi) is 11.1. The molecule has 2 aliphatic rings. The number of ether oxygens (including phenoxy) is 3. The minimum atomic E-state index is -1.00. The van der Waals surface area contributed by atoms with Gasteiger partial charge in [-0.05, 0) is 12.8 Å². The third-order valence-corrected chi connectivity index (χ3v) is 6.13. The van der Waals surface area contributed by atoms with Crippen LogP contribution >= 0.6 is 11.8 Å². The summed E-state index contributed by atoms with van der Waals surface area (Å²) in [5, 5.41) is 17.6. The summed E-state index contributed by atoms with van der Waals surface area (Å²) in [4.78, 5) is 33.4. The molecule has 29 heavy (non-hydrogen) atoms. The third-order valence-electron chi connectivity index (χ3n) is 4.62. The molecule has 0 aromatic rings. The second kappa shape index (κ2) is 13.6. The summed E-state index contributed by atoms with van der Waals surface area (Å²) in [5.41, 5.74) is 0. The molecule has 2 aliphatic heterocycles. The van der Waals surface area contributed by atoms with Gasteiger partial charge >= 0.3 is 12.0 Å². The SMILES string of the molecule is O=C(O)COCCOCCOCCNC(=O)CCCCC1SCC2NC(=O)NC21. The van der Waals surface area contributed by atoms with E-state index in [-0.39, 0.29) is 37.2 Å². The number of carbonyl (C=O) groups excluding carboxylic acids is 2. The van der Waals surface area contributed by atoms with Crippen LogP contribution < -0.4 is 16.0 Å². The molecule has 2 heterocycles. The van der Waals surface area contributed by atoms with E-state index in [9.17, 15) is 14.4 Å². The Bertz CT molecular complexity index is 538. The molecule has 0 aromatic heterocycles. The number of fused-ring (bicyclic) bond motifs is 1.